The summed E-state index contributed by atoms with van der Waals surface area (Å²) in [5.41, 5.74) is 3.93. The highest BCUT2D eigenvalue weighted by atomic mass is 19.1. The van der Waals surface area contributed by atoms with E-state index >= 15 is 0 Å². The van der Waals surface area contributed by atoms with Gasteiger partial charge in [-0.3, -0.25) is 4.98 Å². The van der Waals surface area contributed by atoms with Crippen LogP contribution in [0.2, 0.25) is 0 Å². The van der Waals surface area contributed by atoms with E-state index in [-0.39, 0.29) is 5.82 Å². The quantitative estimate of drug-likeness (QED) is 0.810. The molecule has 2 heterocycles. The predicted molar refractivity (Wildman–Crippen MR) is 57.9 cm³/mol. The molecule has 0 aromatic carbocycles. The monoisotopic (exact) mass is 209 g/mol. The van der Waals surface area contributed by atoms with E-state index < -0.39 is 0 Å². The van der Waals surface area contributed by atoms with Crippen LogP contribution in [0.5, 0.6) is 0 Å². The van der Waals surface area contributed by atoms with E-state index in [0.29, 0.717) is 0 Å². The molecule has 0 saturated carbocycles. The van der Waals surface area contributed by atoms with Crippen molar-refractivity contribution in [2.75, 3.05) is 18.5 Å². The number of rotatable bonds is 2. The van der Waals surface area contributed by atoms with Crippen LogP contribution in [0.3, 0.4) is 0 Å². The first-order valence-corrected chi connectivity index (χ1v) is 5.47. The van der Waals surface area contributed by atoms with E-state index in [1.165, 1.54) is 37.9 Å². The Labute approximate surface area is 89.3 Å². The van der Waals surface area contributed by atoms with Crippen LogP contribution in [0.15, 0.2) is 18.5 Å². The summed E-state index contributed by atoms with van der Waals surface area (Å²) in [5.74, 6) is -0.296. The Bertz CT molecular complexity index is 308. The molecule has 0 bridgehead atoms. The zero-order chi connectivity index (χ0) is 10.5. The second-order valence-corrected chi connectivity index (χ2v) is 3.90. The summed E-state index contributed by atoms with van der Waals surface area (Å²) in [5, 5.41) is 2.14. The smallest absolute Gasteiger partial charge is 0.143 e. The molecular formula is C11H16FN3. The Balaban J connectivity index is 1.95. The van der Waals surface area contributed by atoms with Gasteiger partial charge in [0.15, 0.2) is 0 Å². The first-order valence-electron chi connectivity index (χ1n) is 5.47. The molecule has 1 aliphatic heterocycles. The summed E-state index contributed by atoms with van der Waals surface area (Å²) >= 11 is 0. The third-order valence-corrected chi connectivity index (χ3v) is 2.60. The fourth-order valence-electron chi connectivity index (χ4n) is 1.84. The van der Waals surface area contributed by atoms with Gasteiger partial charge < -0.3 is 5.43 Å². The molecule has 2 rings (SSSR count). The average Bonchev–Trinajstić information content (AvgIpc) is 2.46. The Morgan fingerprint density at radius 2 is 1.87 bits per heavy atom. The number of halogens is 1. The lowest BCUT2D eigenvalue weighted by Crippen LogP contribution is -2.30. The van der Waals surface area contributed by atoms with Crippen LogP contribution in [-0.2, 0) is 0 Å². The molecule has 0 radical (unpaired) electrons. The van der Waals surface area contributed by atoms with Gasteiger partial charge in [-0.25, -0.2) is 9.40 Å². The summed E-state index contributed by atoms with van der Waals surface area (Å²) in [4.78, 5) is 3.81. The number of nitrogens with zero attached hydrogens (tertiary/aromatic N) is 2. The van der Waals surface area contributed by atoms with Gasteiger partial charge in [0.1, 0.15) is 5.82 Å². The van der Waals surface area contributed by atoms with Gasteiger partial charge >= 0.3 is 0 Å². The molecule has 0 amide bonds. The van der Waals surface area contributed by atoms with E-state index in [9.17, 15) is 4.39 Å². The van der Waals surface area contributed by atoms with Crippen molar-refractivity contribution in [3.8, 4) is 0 Å². The summed E-state index contributed by atoms with van der Waals surface area (Å²) in [6, 6.07) is 1.47. The lowest BCUT2D eigenvalue weighted by atomic mass is 10.2. The van der Waals surface area contributed by atoms with Crippen LogP contribution in [0.1, 0.15) is 25.7 Å². The minimum Gasteiger partial charge on any atom is -0.317 e. The molecule has 1 aliphatic rings. The minimum atomic E-state index is -0.296. The molecule has 1 saturated heterocycles. The Morgan fingerprint density at radius 1 is 1.13 bits per heavy atom. The van der Waals surface area contributed by atoms with Gasteiger partial charge in [0.05, 0.1) is 18.1 Å². The van der Waals surface area contributed by atoms with E-state index in [1.807, 2.05) is 0 Å². The zero-order valence-corrected chi connectivity index (χ0v) is 8.75. The van der Waals surface area contributed by atoms with Crippen molar-refractivity contribution >= 4 is 5.69 Å². The maximum absolute atomic E-state index is 12.9. The van der Waals surface area contributed by atoms with Crippen LogP contribution < -0.4 is 5.43 Å². The molecule has 1 aromatic heterocycles. The molecule has 1 aromatic rings. The third-order valence-electron chi connectivity index (χ3n) is 2.60. The van der Waals surface area contributed by atoms with Crippen molar-refractivity contribution in [1.82, 2.24) is 9.99 Å². The van der Waals surface area contributed by atoms with Crippen LogP contribution in [-0.4, -0.2) is 23.1 Å². The van der Waals surface area contributed by atoms with Crippen molar-refractivity contribution in [2.24, 2.45) is 0 Å². The van der Waals surface area contributed by atoms with Crippen molar-refractivity contribution in [3.05, 3.63) is 24.3 Å². The van der Waals surface area contributed by atoms with Crippen LogP contribution in [0.4, 0.5) is 10.1 Å². The van der Waals surface area contributed by atoms with Crippen molar-refractivity contribution in [2.45, 2.75) is 25.7 Å². The molecule has 0 aliphatic carbocycles. The first-order chi connectivity index (χ1) is 7.34. The Morgan fingerprint density at radius 3 is 2.53 bits per heavy atom. The molecule has 15 heavy (non-hydrogen) atoms. The second-order valence-electron chi connectivity index (χ2n) is 3.90. The molecular weight excluding hydrogens is 193 g/mol. The fourth-order valence-corrected chi connectivity index (χ4v) is 1.84. The molecule has 1 fully saturated rings. The maximum atomic E-state index is 12.9. The number of anilines is 1. The highest BCUT2D eigenvalue weighted by Crippen LogP contribution is 2.13. The van der Waals surface area contributed by atoms with Gasteiger partial charge in [0.2, 0.25) is 0 Å². The van der Waals surface area contributed by atoms with Gasteiger partial charge in [-0.05, 0) is 12.8 Å². The van der Waals surface area contributed by atoms with Crippen molar-refractivity contribution in [1.29, 1.82) is 0 Å². The zero-order valence-electron chi connectivity index (χ0n) is 8.75. The van der Waals surface area contributed by atoms with Crippen LogP contribution in [0.25, 0.3) is 0 Å². The number of hydrogen-bond acceptors (Lipinski definition) is 3. The molecule has 3 nitrogen and oxygen atoms in total. The average molecular weight is 209 g/mol. The lowest BCUT2D eigenvalue weighted by molar-refractivity contribution is 0.343. The maximum Gasteiger partial charge on any atom is 0.143 e. The third kappa shape index (κ3) is 3.16. The summed E-state index contributed by atoms with van der Waals surface area (Å²) in [6.07, 6.45) is 7.85. The molecule has 1 N–H and O–H groups in total. The van der Waals surface area contributed by atoms with Crippen LogP contribution in [0, 0.1) is 5.82 Å². The van der Waals surface area contributed by atoms with E-state index in [2.05, 4.69) is 15.4 Å². The topological polar surface area (TPSA) is 28.2 Å². The molecule has 0 unspecified atom stereocenters. The van der Waals surface area contributed by atoms with Gasteiger partial charge in [-0.1, -0.05) is 12.8 Å². The van der Waals surface area contributed by atoms with Gasteiger partial charge in [0, 0.05) is 19.2 Å². The summed E-state index contributed by atoms with van der Waals surface area (Å²) in [6.45, 7) is 2.05. The summed E-state index contributed by atoms with van der Waals surface area (Å²) < 4.78 is 12.9. The molecule has 0 spiro atoms. The molecule has 4 heteroatoms. The Kier molecular flexibility index (Phi) is 3.50. The number of nitrogens with one attached hydrogen (secondary N) is 1. The fraction of sp³-hybridized carbons (Fsp3) is 0.545. The van der Waals surface area contributed by atoms with E-state index in [0.717, 1.165) is 18.8 Å². The number of aromatic nitrogens is 1. The molecule has 0 atom stereocenters. The molecule has 82 valence electrons. The largest absolute Gasteiger partial charge is 0.317 e. The first kappa shape index (κ1) is 10.4. The van der Waals surface area contributed by atoms with Crippen molar-refractivity contribution in [3.63, 3.8) is 0 Å². The van der Waals surface area contributed by atoms with Crippen LogP contribution >= 0.6 is 0 Å². The normalized spacial score (nSPS) is 18.5. The number of hydrogen-bond donors (Lipinski definition) is 1. The van der Waals surface area contributed by atoms with Gasteiger partial charge in [-0.2, -0.15) is 0 Å². The highest BCUT2D eigenvalue weighted by Gasteiger charge is 2.08. The summed E-state index contributed by atoms with van der Waals surface area (Å²) in [7, 11) is 0. The highest BCUT2D eigenvalue weighted by molar-refractivity contribution is 5.39. The number of pyridine rings is 1. The SMILES string of the molecule is Fc1cncc(NN2CCCCCC2)c1. The van der Waals surface area contributed by atoms with Gasteiger partial charge in [-0.15, -0.1) is 0 Å². The number of hydrazine groups is 1. The standard InChI is InChI=1S/C11H16FN3/c12-10-7-11(9-13-8-10)14-15-5-3-1-2-4-6-15/h7-9,14H,1-6H2. The van der Waals surface area contributed by atoms with E-state index in [4.69, 9.17) is 0 Å². The minimum absolute atomic E-state index is 0.296. The Hall–Kier alpha value is -1.16. The van der Waals surface area contributed by atoms with Gasteiger partial charge in [0.25, 0.3) is 0 Å². The lowest BCUT2D eigenvalue weighted by Gasteiger charge is -2.21. The predicted octanol–water partition coefficient (Wildman–Crippen LogP) is 2.42. The second kappa shape index (κ2) is 5.07. The van der Waals surface area contributed by atoms with E-state index in [1.54, 1.807) is 6.20 Å². The van der Waals surface area contributed by atoms with Crippen molar-refractivity contribution < 1.29 is 4.39 Å².